The molecule has 0 spiro atoms. The third-order valence-electron chi connectivity index (χ3n) is 1.91. The molecule has 1 atom stereocenters. The third-order valence-corrected chi connectivity index (χ3v) is 2.65. The van der Waals surface area contributed by atoms with Crippen LogP contribution in [0.15, 0.2) is 22.7 Å². The van der Waals surface area contributed by atoms with Crippen LogP contribution in [0.1, 0.15) is 5.56 Å². The Labute approximate surface area is 78.7 Å². The van der Waals surface area contributed by atoms with Crippen molar-refractivity contribution in [3.05, 3.63) is 28.2 Å². The average molecular weight is 227 g/mol. The van der Waals surface area contributed by atoms with E-state index in [0.29, 0.717) is 6.42 Å². The summed E-state index contributed by atoms with van der Waals surface area (Å²) in [6.07, 6.45) is 1.23. The molecular weight excluding hydrogens is 220 g/mol. The molecule has 0 N–H and O–H groups in total. The number of hydrogen-bond acceptors (Lipinski definition) is 2. The van der Waals surface area contributed by atoms with Crippen LogP contribution >= 0.6 is 15.9 Å². The van der Waals surface area contributed by atoms with Crippen molar-refractivity contribution >= 4 is 22.2 Å². The third kappa shape index (κ3) is 1.14. The zero-order valence-electron chi connectivity index (χ0n) is 6.29. The number of fused-ring (bicyclic) bond motifs is 1. The van der Waals surface area contributed by atoms with Crippen molar-refractivity contribution in [3.8, 4) is 5.75 Å². The minimum Gasteiger partial charge on any atom is -0.482 e. The highest BCUT2D eigenvalue weighted by Gasteiger charge is 2.23. The molecular formula is C9H7BrO2. The van der Waals surface area contributed by atoms with Gasteiger partial charge in [-0.2, -0.15) is 0 Å². The Morgan fingerprint density at radius 2 is 2.42 bits per heavy atom. The molecule has 3 heteroatoms. The molecule has 1 aliphatic rings. The number of hydrogen-bond donors (Lipinski definition) is 0. The van der Waals surface area contributed by atoms with Gasteiger partial charge in [0.05, 0.1) is 0 Å². The van der Waals surface area contributed by atoms with E-state index in [4.69, 9.17) is 4.74 Å². The zero-order chi connectivity index (χ0) is 8.55. The second kappa shape index (κ2) is 2.90. The topological polar surface area (TPSA) is 26.3 Å². The van der Waals surface area contributed by atoms with Gasteiger partial charge in [-0.3, -0.25) is 4.79 Å². The predicted octanol–water partition coefficient (Wildman–Crippen LogP) is 1.95. The molecule has 2 rings (SSSR count). The minimum absolute atomic E-state index is 0.293. The lowest BCUT2D eigenvalue weighted by atomic mass is 10.1. The fourth-order valence-corrected chi connectivity index (χ4v) is 1.84. The first-order valence-corrected chi connectivity index (χ1v) is 4.50. The van der Waals surface area contributed by atoms with Crippen LogP contribution in [-0.2, 0) is 11.2 Å². The highest BCUT2D eigenvalue weighted by atomic mass is 79.9. The van der Waals surface area contributed by atoms with E-state index in [1.807, 2.05) is 18.2 Å². The summed E-state index contributed by atoms with van der Waals surface area (Å²) in [6, 6.07) is 5.73. The lowest BCUT2D eigenvalue weighted by Crippen LogP contribution is -2.13. The Morgan fingerprint density at radius 1 is 1.58 bits per heavy atom. The molecule has 0 radical (unpaired) electrons. The molecule has 62 valence electrons. The van der Waals surface area contributed by atoms with E-state index in [1.165, 1.54) is 0 Å². The van der Waals surface area contributed by atoms with Gasteiger partial charge < -0.3 is 4.74 Å². The summed E-state index contributed by atoms with van der Waals surface area (Å²) in [7, 11) is 0. The standard InChI is InChI=1S/C9H7BrO2/c10-8-2-1-3-9-7(8)4-6(5-11)12-9/h1-3,5-6H,4H2. The van der Waals surface area contributed by atoms with Crippen molar-refractivity contribution < 1.29 is 9.53 Å². The molecule has 2 nitrogen and oxygen atoms in total. The quantitative estimate of drug-likeness (QED) is 0.685. The van der Waals surface area contributed by atoms with Gasteiger partial charge in [-0.25, -0.2) is 0 Å². The number of carbonyl (C=O) groups excluding carboxylic acids is 1. The van der Waals surface area contributed by atoms with Crippen molar-refractivity contribution in [1.82, 2.24) is 0 Å². The van der Waals surface area contributed by atoms with Crippen molar-refractivity contribution in [3.63, 3.8) is 0 Å². The molecule has 0 bridgehead atoms. The molecule has 0 fully saturated rings. The van der Waals surface area contributed by atoms with Crippen LogP contribution in [-0.4, -0.2) is 12.4 Å². The Balaban J connectivity index is 2.41. The number of aldehydes is 1. The van der Waals surface area contributed by atoms with Crippen LogP contribution in [0.5, 0.6) is 5.75 Å². The second-order valence-electron chi connectivity index (χ2n) is 2.71. The summed E-state index contributed by atoms with van der Waals surface area (Å²) in [5.74, 6) is 0.821. The van der Waals surface area contributed by atoms with Gasteiger partial charge in [0.2, 0.25) is 0 Å². The number of ether oxygens (including phenoxy) is 1. The first-order chi connectivity index (χ1) is 5.81. The number of carbonyl (C=O) groups is 1. The van der Waals surface area contributed by atoms with E-state index in [1.54, 1.807) is 0 Å². The van der Waals surface area contributed by atoms with Gasteiger partial charge in [-0.15, -0.1) is 0 Å². The zero-order valence-corrected chi connectivity index (χ0v) is 7.87. The molecule has 0 saturated heterocycles. The molecule has 12 heavy (non-hydrogen) atoms. The Bertz CT molecular complexity index is 322. The van der Waals surface area contributed by atoms with E-state index in [2.05, 4.69) is 15.9 Å². The smallest absolute Gasteiger partial charge is 0.160 e. The molecule has 1 unspecified atom stereocenters. The van der Waals surface area contributed by atoms with Crippen LogP contribution in [0.4, 0.5) is 0 Å². The monoisotopic (exact) mass is 226 g/mol. The normalized spacial score (nSPS) is 19.9. The van der Waals surface area contributed by atoms with E-state index in [-0.39, 0.29) is 6.10 Å². The van der Waals surface area contributed by atoms with Crippen molar-refractivity contribution in [2.45, 2.75) is 12.5 Å². The molecule has 1 heterocycles. The maximum absolute atomic E-state index is 10.4. The van der Waals surface area contributed by atoms with Gasteiger partial charge in [-0.05, 0) is 12.1 Å². The lowest BCUT2D eigenvalue weighted by molar-refractivity contribution is -0.113. The molecule has 0 saturated carbocycles. The molecule has 0 aromatic heterocycles. The lowest BCUT2D eigenvalue weighted by Gasteiger charge is -2.00. The van der Waals surface area contributed by atoms with Crippen LogP contribution in [0.2, 0.25) is 0 Å². The summed E-state index contributed by atoms with van der Waals surface area (Å²) in [6.45, 7) is 0. The van der Waals surface area contributed by atoms with Gasteiger partial charge in [0.1, 0.15) is 5.75 Å². The van der Waals surface area contributed by atoms with Gasteiger partial charge in [0.25, 0.3) is 0 Å². The fraction of sp³-hybridized carbons (Fsp3) is 0.222. The van der Waals surface area contributed by atoms with Crippen LogP contribution in [0.3, 0.4) is 0 Å². The number of rotatable bonds is 1. The van der Waals surface area contributed by atoms with Crippen molar-refractivity contribution in [2.75, 3.05) is 0 Å². The highest BCUT2D eigenvalue weighted by Crippen LogP contribution is 2.33. The van der Waals surface area contributed by atoms with Crippen molar-refractivity contribution in [2.24, 2.45) is 0 Å². The first-order valence-electron chi connectivity index (χ1n) is 3.70. The maximum atomic E-state index is 10.4. The Hall–Kier alpha value is -0.830. The van der Waals surface area contributed by atoms with Crippen LogP contribution in [0.25, 0.3) is 0 Å². The van der Waals surface area contributed by atoms with E-state index < -0.39 is 0 Å². The molecule has 0 aliphatic carbocycles. The van der Waals surface area contributed by atoms with Crippen LogP contribution in [0, 0.1) is 0 Å². The van der Waals surface area contributed by atoms with Crippen LogP contribution < -0.4 is 4.74 Å². The molecule has 1 aromatic rings. The van der Waals surface area contributed by atoms with Gasteiger partial charge in [0.15, 0.2) is 12.4 Å². The summed E-state index contributed by atoms with van der Waals surface area (Å²) in [4.78, 5) is 10.4. The Kier molecular flexibility index (Phi) is 1.89. The van der Waals surface area contributed by atoms with Gasteiger partial charge >= 0.3 is 0 Å². The SMILES string of the molecule is O=CC1Cc2c(Br)cccc2O1. The fourth-order valence-electron chi connectivity index (χ4n) is 1.33. The molecule has 1 aromatic carbocycles. The van der Waals surface area contributed by atoms with E-state index in [9.17, 15) is 4.79 Å². The van der Waals surface area contributed by atoms with E-state index in [0.717, 1.165) is 22.1 Å². The summed E-state index contributed by atoms with van der Waals surface area (Å²) in [5, 5.41) is 0. The summed E-state index contributed by atoms with van der Waals surface area (Å²) >= 11 is 3.41. The average Bonchev–Trinajstić information content (AvgIpc) is 2.49. The van der Waals surface area contributed by atoms with Crippen molar-refractivity contribution in [1.29, 1.82) is 0 Å². The molecule has 1 aliphatic heterocycles. The largest absolute Gasteiger partial charge is 0.482 e. The summed E-state index contributed by atoms with van der Waals surface area (Å²) in [5.41, 5.74) is 1.09. The molecule has 0 amide bonds. The highest BCUT2D eigenvalue weighted by molar-refractivity contribution is 9.10. The van der Waals surface area contributed by atoms with E-state index >= 15 is 0 Å². The van der Waals surface area contributed by atoms with Gasteiger partial charge in [-0.1, -0.05) is 22.0 Å². The number of halogens is 1. The van der Waals surface area contributed by atoms with Gasteiger partial charge in [0, 0.05) is 16.5 Å². The first kappa shape index (κ1) is 7.80. The number of benzene rings is 1. The predicted molar refractivity (Wildman–Crippen MR) is 48.3 cm³/mol. The minimum atomic E-state index is -0.293. The summed E-state index contributed by atoms with van der Waals surface area (Å²) < 4.78 is 6.36. The Morgan fingerprint density at radius 3 is 3.08 bits per heavy atom. The maximum Gasteiger partial charge on any atom is 0.160 e. The second-order valence-corrected chi connectivity index (χ2v) is 3.57.